The van der Waals surface area contributed by atoms with Crippen LogP contribution in [0.2, 0.25) is 0 Å². The van der Waals surface area contributed by atoms with Gasteiger partial charge in [0.1, 0.15) is 5.54 Å². The third-order valence-electron chi connectivity index (χ3n) is 4.07. The normalized spacial score (nSPS) is 31.7. The van der Waals surface area contributed by atoms with Gasteiger partial charge in [0, 0.05) is 12.1 Å². The van der Waals surface area contributed by atoms with Crippen LogP contribution in [0.25, 0.3) is 0 Å². The molecule has 0 aliphatic heterocycles. The van der Waals surface area contributed by atoms with Gasteiger partial charge in [0.2, 0.25) is 0 Å². The van der Waals surface area contributed by atoms with Gasteiger partial charge in [-0.05, 0) is 38.6 Å². The van der Waals surface area contributed by atoms with Gasteiger partial charge in [0.25, 0.3) is 0 Å². The average molecular weight is 275 g/mol. The number of hydrogen-bond donors (Lipinski definition) is 1. The minimum absolute atomic E-state index is 0.141. The van der Waals surface area contributed by atoms with Gasteiger partial charge in [-0.1, -0.05) is 6.92 Å². The van der Waals surface area contributed by atoms with Crippen molar-refractivity contribution < 1.29 is 13.2 Å². The van der Waals surface area contributed by atoms with Crippen molar-refractivity contribution >= 4 is 0 Å². The Bertz CT molecular complexity index is 359. The first-order chi connectivity index (χ1) is 8.87. The summed E-state index contributed by atoms with van der Waals surface area (Å²) in [6.45, 7) is 1.24. The second kappa shape index (κ2) is 5.29. The standard InChI is InChI=1S/C13H20F3N3/c1-2-19(9-13(14,15)16)11-5-6-12(7-11,8-17)18-10-3-4-10/h10-11,18H,2-7,9H2,1H3. The highest BCUT2D eigenvalue weighted by Crippen LogP contribution is 2.36. The Labute approximate surface area is 111 Å². The number of halogens is 3. The molecule has 0 heterocycles. The van der Waals surface area contributed by atoms with Gasteiger partial charge in [-0.2, -0.15) is 18.4 Å². The molecule has 19 heavy (non-hydrogen) atoms. The summed E-state index contributed by atoms with van der Waals surface area (Å²) in [5.74, 6) is 0. The molecule has 0 saturated heterocycles. The zero-order valence-corrected chi connectivity index (χ0v) is 11.1. The van der Waals surface area contributed by atoms with Gasteiger partial charge >= 0.3 is 6.18 Å². The van der Waals surface area contributed by atoms with Gasteiger partial charge in [0.15, 0.2) is 0 Å². The van der Waals surface area contributed by atoms with Crippen LogP contribution in [0.1, 0.15) is 39.0 Å². The zero-order valence-electron chi connectivity index (χ0n) is 11.1. The van der Waals surface area contributed by atoms with E-state index in [1.165, 1.54) is 4.90 Å². The zero-order chi connectivity index (χ0) is 14.1. The molecule has 1 N–H and O–H groups in total. The van der Waals surface area contributed by atoms with Gasteiger partial charge in [-0.15, -0.1) is 0 Å². The Balaban J connectivity index is 1.96. The second-order valence-electron chi connectivity index (χ2n) is 5.69. The number of hydrogen-bond acceptors (Lipinski definition) is 3. The molecule has 2 saturated carbocycles. The molecule has 0 bridgehead atoms. The lowest BCUT2D eigenvalue weighted by atomic mass is 9.99. The molecule has 2 rings (SSSR count). The Kier molecular flexibility index (Phi) is 4.07. The molecule has 3 nitrogen and oxygen atoms in total. The number of nitrogens with one attached hydrogen (secondary N) is 1. The third-order valence-corrected chi connectivity index (χ3v) is 4.07. The van der Waals surface area contributed by atoms with Crippen molar-refractivity contribution in [3.63, 3.8) is 0 Å². The highest BCUT2D eigenvalue weighted by Gasteiger charge is 2.45. The van der Waals surface area contributed by atoms with E-state index in [0.29, 0.717) is 31.8 Å². The van der Waals surface area contributed by atoms with E-state index in [-0.39, 0.29) is 6.04 Å². The molecule has 0 aromatic heterocycles. The number of rotatable bonds is 5. The summed E-state index contributed by atoms with van der Waals surface area (Å²) in [6, 6.07) is 2.56. The molecule has 6 heteroatoms. The number of alkyl halides is 3. The van der Waals surface area contributed by atoms with Gasteiger partial charge in [0.05, 0.1) is 12.6 Å². The quantitative estimate of drug-likeness (QED) is 0.837. The lowest BCUT2D eigenvalue weighted by Gasteiger charge is -2.30. The Morgan fingerprint density at radius 3 is 2.53 bits per heavy atom. The van der Waals surface area contributed by atoms with Crippen LogP contribution < -0.4 is 5.32 Å². The lowest BCUT2D eigenvalue weighted by molar-refractivity contribution is -0.150. The van der Waals surface area contributed by atoms with Crippen molar-refractivity contribution in [3.05, 3.63) is 0 Å². The van der Waals surface area contributed by atoms with Crippen molar-refractivity contribution in [1.29, 1.82) is 5.26 Å². The topological polar surface area (TPSA) is 39.1 Å². The van der Waals surface area contributed by atoms with Crippen LogP contribution in [0.5, 0.6) is 0 Å². The molecule has 2 fully saturated rings. The van der Waals surface area contributed by atoms with Crippen LogP contribution in [0.4, 0.5) is 13.2 Å². The van der Waals surface area contributed by atoms with Crippen molar-refractivity contribution in [2.75, 3.05) is 13.1 Å². The molecule has 0 amide bonds. The molecule has 2 atom stereocenters. The minimum Gasteiger partial charge on any atom is -0.297 e. The monoisotopic (exact) mass is 275 g/mol. The van der Waals surface area contributed by atoms with Crippen LogP contribution in [-0.4, -0.2) is 41.8 Å². The van der Waals surface area contributed by atoms with E-state index in [2.05, 4.69) is 11.4 Å². The second-order valence-corrected chi connectivity index (χ2v) is 5.69. The van der Waals surface area contributed by atoms with E-state index in [1.54, 1.807) is 6.92 Å². The molecular formula is C13H20F3N3. The predicted molar refractivity (Wildman–Crippen MR) is 65.4 cm³/mol. The lowest BCUT2D eigenvalue weighted by Crippen LogP contribution is -2.46. The smallest absolute Gasteiger partial charge is 0.297 e. The van der Waals surface area contributed by atoms with Gasteiger partial charge in [-0.25, -0.2) is 0 Å². The molecule has 2 unspecified atom stereocenters. The summed E-state index contributed by atoms with van der Waals surface area (Å²) in [5.41, 5.74) is -0.606. The van der Waals surface area contributed by atoms with Crippen LogP contribution in [0.15, 0.2) is 0 Å². The van der Waals surface area contributed by atoms with Crippen molar-refractivity contribution in [2.45, 2.75) is 62.8 Å². The minimum atomic E-state index is -4.17. The molecular weight excluding hydrogens is 255 g/mol. The van der Waals surface area contributed by atoms with Crippen molar-refractivity contribution in [1.82, 2.24) is 10.2 Å². The van der Waals surface area contributed by atoms with Gasteiger partial charge < -0.3 is 0 Å². The summed E-state index contributed by atoms with van der Waals surface area (Å²) < 4.78 is 37.6. The molecule has 0 spiro atoms. The summed E-state index contributed by atoms with van der Waals surface area (Å²) in [7, 11) is 0. The fraction of sp³-hybridized carbons (Fsp3) is 0.923. The van der Waals surface area contributed by atoms with Crippen LogP contribution >= 0.6 is 0 Å². The predicted octanol–water partition coefficient (Wildman–Crippen LogP) is 2.44. The van der Waals surface area contributed by atoms with E-state index in [4.69, 9.17) is 0 Å². The molecule has 108 valence electrons. The summed E-state index contributed by atoms with van der Waals surface area (Å²) >= 11 is 0. The molecule has 2 aliphatic carbocycles. The largest absolute Gasteiger partial charge is 0.401 e. The number of nitrogens with zero attached hydrogens (tertiary/aromatic N) is 2. The van der Waals surface area contributed by atoms with Crippen molar-refractivity contribution in [3.8, 4) is 6.07 Å². The Morgan fingerprint density at radius 1 is 1.37 bits per heavy atom. The average Bonchev–Trinajstić information content (AvgIpc) is 3.03. The summed E-state index contributed by atoms with van der Waals surface area (Å²) in [4.78, 5) is 1.45. The van der Waals surface area contributed by atoms with E-state index >= 15 is 0 Å². The summed E-state index contributed by atoms with van der Waals surface area (Å²) in [6.07, 6.45) is -0.194. The Hall–Kier alpha value is -0.800. The van der Waals surface area contributed by atoms with Crippen LogP contribution in [0.3, 0.4) is 0 Å². The fourth-order valence-corrected chi connectivity index (χ4v) is 2.94. The maximum Gasteiger partial charge on any atom is 0.401 e. The van der Waals surface area contributed by atoms with Crippen molar-refractivity contribution in [2.24, 2.45) is 0 Å². The summed E-state index contributed by atoms with van der Waals surface area (Å²) in [5, 5.41) is 12.7. The van der Waals surface area contributed by atoms with Crippen LogP contribution in [0, 0.1) is 11.3 Å². The fourth-order valence-electron chi connectivity index (χ4n) is 2.94. The maximum absolute atomic E-state index is 12.5. The first-order valence-corrected chi connectivity index (χ1v) is 6.87. The van der Waals surface area contributed by atoms with E-state index in [1.807, 2.05) is 0 Å². The van der Waals surface area contributed by atoms with E-state index in [0.717, 1.165) is 12.8 Å². The number of nitriles is 1. The first kappa shape index (κ1) is 14.6. The highest BCUT2D eigenvalue weighted by atomic mass is 19.4. The van der Waals surface area contributed by atoms with E-state index in [9.17, 15) is 18.4 Å². The molecule has 0 aromatic rings. The first-order valence-electron chi connectivity index (χ1n) is 6.87. The van der Waals surface area contributed by atoms with Crippen LogP contribution in [-0.2, 0) is 0 Å². The third kappa shape index (κ3) is 3.83. The Morgan fingerprint density at radius 2 is 2.05 bits per heavy atom. The maximum atomic E-state index is 12.5. The van der Waals surface area contributed by atoms with Gasteiger partial charge in [-0.3, -0.25) is 10.2 Å². The SMILES string of the molecule is CCN(CC(F)(F)F)C1CCC(C#N)(NC2CC2)C1. The molecule has 0 aromatic carbocycles. The highest BCUT2D eigenvalue weighted by molar-refractivity contribution is 5.15. The van der Waals surface area contributed by atoms with E-state index < -0.39 is 18.3 Å². The molecule has 0 radical (unpaired) electrons. The molecule has 2 aliphatic rings.